The molecule has 2 aliphatic carbocycles. The Hall–Kier alpha value is -1.82. The first-order valence-electron chi connectivity index (χ1n) is 9.14. The van der Waals surface area contributed by atoms with E-state index >= 15 is 0 Å². The van der Waals surface area contributed by atoms with Crippen LogP contribution in [0.15, 0.2) is 0 Å². The van der Waals surface area contributed by atoms with Crippen molar-refractivity contribution in [1.82, 2.24) is 0 Å². The second-order valence-electron chi connectivity index (χ2n) is 8.34. The first-order valence-corrected chi connectivity index (χ1v) is 10.6. The lowest BCUT2D eigenvalue weighted by Gasteiger charge is -2.32. The second-order valence-corrected chi connectivity index (χ2v) is 9.89. The first-order chi connectivity index (χ1) is 13.2. The van der Waals surface area contributed by atoms with Crippen LogP contribution in [0.2, 0.25) is 0 Å². The number of carbonyl (C=O) groups is 3. The third kappa shape index (κ3) is 3.49. The number of rotatable bonds is 7. The molecular formula is C17H22F2O9S. The monoisotopic (exact) mass is 440 g/mol. The van der Waals surface area contributed by atoms with Gasteiger partial charge in [-0.15, -0.1) is 0 Å². The highest BCUT2D eigenvalue weighted by atomic mass is 32.2. The van der Waals surface area contributed by atoms with Crippen molar-refractivity contribution < 1.29 is 50.3 Å². The predicted molar refractivity (Wildman–Crippen MR) is 89.9 cm³/mol. The van der Waals surface area contributed by atoms with E-state index in [1.807, 2.05) is 0 Å². The molecule has 1 heterocycles. The molecule has 0 spiro atoms. The highest BCUT2D eigenvalue weighted by Gasteiger charge is 2.70. The van der Waals surface area contributed by atoms with E-state index in [2.05, 4.69) is 4.74 Å². The fourth-order valence-corrected chi connectivity index (χ4v) is 4.43. The van der Waals surface area contributed by atoms with Gasteiger partial charge in [0.2, 0.25) is 0 Å². The molecule has 6 unspecified atom stereocenters. The summed E-state index contributed by atoms with van der Waals surface area (Å²) in [6, 6.07) is 0. The minimum absolute atomic E-state index is 0.306. The molecule has 1 N–H and O–H groups in total. The molecule has 2 bridgehead atoms. The highest BCUT2D eigenvalue weighted by molar-refractivity contribution is 7.86. The van der Waals surface area contributed by atoms with Gasteiger partial charge in [0.25, 0.3) is 0 Å². The molecule has 3 fully saturated rings. The van der Waals surface area contributed by atoms with Crippen LogP contribution in [-0.4, -0.2) is 54.9 Å². The van der Waals surface area contributed by atoms with Gasteiger partial charge in [-0.2, -0.15) is 17.2 Å². The first kappa shape index (κ1) is 21.9. The fourth-order valence-electron chi connectivity index (χ4n) is 4.22. The Balaban J connectivity index is 1.77. The van der Waals surface area contributed by atoms with Crippen LogP contribution < -0.4 is 0 Å². The average Bonchev–Trinajstić information content (AvgIpc) is 3.22. The molecular weight excluding hydrogens is 418 g/mol. The normalized spacial score (nSPS) is 33.5. The minimum Gasteiger partial charge on any atom is -0.458 e. The van der Waals surface area contributed by atoms with Gasteiger partial charge in [-0.05, 0) is 26.7 Å². The summed E-state index contributed by atoms with van der Waals surface area (Å²) in [5, 5.41) is -4.68. The molecule has 2 saturated carbocycles. The summed E-state index contributed by atoms with van der Waals surface area (Å²) in [6.07, 6.45) is -0.839. The van der Waals surface area contributed by atoms with E-state index in [1.54, 1.807) is 20.8 Å². The lowest BCUT2D eigenvalue weighted by Crippen LogP contribution is -2.46. The van der Waals surface area contributed by atoms with Crippen molar-refractivity contribution in [3.05, 3.63) is 0 Å². The van der Waals surface area contributed by atoms with Gasteiger partial charge >= 0.3 is 33.3 Å². The number of hydrogen-bond donors (Lipinski definition) is 1. The van der Waals surface area contributed by atoms with Crippen LogP contribution in [0, 0.1) is 29.1 Å². The van der Waals surface area contributed by atoms with Gasteiger partial charge in [0.1, 0.15) is 12.2 Å². The van der Waals surface area contributed by atoms with Gasteiger partial charge in [0.15, 0.2) is 6.61 Å². The molecule has 0 amide bonds. The van der Waals surface area contributed by atoms with Gasteiger partial charge in [0.05, 0.1) is 17.3 Å². The Morgan fingerprint density at radius 1 is 1.28 bits per heavy atom. The Bertz CT molecular complexity index is 838. The average molecular weight is 440 g/mol. The minimum atomic E-state index is -5.77. The van der Waals surface area contributed by atoms with Gasteiger partial charge in [-0.1, -0.05) is 6.92 Å². The van der Waals surface area contributed by atoms with Crippen molar-refractivity contribution in [2.75, 3.05) is 6.61 Å². The molecule has 0 aromatic rings. The van der Waals surface area contributed by atoms with Crippen LogP contribution in [0.3, 0.4) is 0 Å². The van der Waals surface area contributed by atoms with Crippen molar-refractivity contribution in [2.45, 2.75) is 51.1 Å². The van der Waals surface area contributed by atoms with E-state index in [9.17, 15) is 31.6 Å². The number of alkyl halides is 2. The largest absolute Gasteiger partial charge is 0.458 e. The summed E-state index contributed by atoms with van der Waals surface area (Å²) < 4.78 is 71.9. The fraction of sp³-hybridized carbons (Fsp3) is 0.824. The lowest BCUT2D eigenvalue weighted by molar-refractivity contribution is -0.174. The standard InChI is InChI=1S/C17H22F2O9S/c1-4-16(2,3)15(22)28-12-7-5-8-10(14(21)27-11(8)12)9(7)13(20)26-6-17(18,19)29(23,24)25/h7-12H,4-6H2,1-3H3,(H,23,24,25). The maximum absolute atomic E-state index is 13.4. The molecule has 9 nitrogen and oxygen atoms in total. The summed E-state index contributed by atoms with van der Waals surface area (Å²) in [6.45, 7) is 3.25. The molecule has 1 aliphatic heterocycles. The summed E-state index contributed by atoms with van der Waals surface area (Å²) in [7, 11) is -5.77. The smallest absolute Gasteiger partial charge is 0.402 e. The summed E-state index contributed by atoms with van der Waals surface area (Å²) >= 11 is 0. The van der Waals surface area contributed by atoms with Crippen molar-refractivity contribution in [2.24, 2.45) is 29.1 Å². The van der Waals surface area contributed by atoms with Crippen LogP contribution in [0.5, 0.6) is 0 Å². The van der Waals surface area contributed by atoms with Crippen LogP contribution >= 0.6 is 0 Å². The summed E-state index contributed by atoms with van der Waals surface area (Å²) in [5.41, 5.74) is -0.808. The zero-order chi connectivity index (χ0) is 21.9. The SMILES string of the molecule is CCC(C)(C)C(=O)OC1C2CC3C1OC(=O)C3C2C(=O)OCC(F)(F)S(=O)(=O)O. The van der Waals surface area contributed by atoms with Crippen LogP contribution in [0.1, 0.15) is 33.6 Å². The van der Waals surface area contributed by atoms with Crippen molar-refractivity contribution in [1.29, 1.82) is 0 Å². The van der Waals surface area contributed by atoms with E-state index in [0.29, 0.717) is 12.8 Å². The summed E-state index contributed by atoms with van der Waals surface area (Å²) in [4.78, 5) is 37.1. The molecule has 12 heteroatoms. The molecule has 1 saturated heterocycles. The maximum Gasteiger partial charge on any atom is 0.402 e. The third-order valence-corrected chi connectivity index (χ3v) is 7.13. The second kappa shape index (κ2) is 6.86. The van der Waals surface area contributed by atoms with Crippen LogP contribution in [0.4, 0.5) is 8.78 Å². The maximum atomic E-state index is 13.4. The molecule has 3 aliphatic rings. The Morgan fingerprint density at radius 3 is 2.45 bits per heavy atom. The number of fused-ring (bicyclic) bond motifs is 1. The quantitative estimate of drug-likeness (QED) is 0.352. The lowest BCUT2D eigenvalue weighted by atomic mass is 9.78. The van der Waals surface area contributed by atoms with Gasteiger partial charge in [-0.3, -0.25) is 18.9 Å². The van der Waals surface area contributed by atoms with Gasteiger partial charge < -0.3 is 14.2 Å². The third-order valence-electron chi connectivity index (χ3n) is 6.26. The highest BCUT2D eigenvalue weighted by Crippen LogP contribution is 2.59. The van der Waals surface area contributed by atoms with Crippen molar-refractivity contribution in [3.8, 4) is 0 Å². The zero-order valence-corrected chi connectivity index (χ0v) is 16.8. The van der Waals surface area contributed by atoms with Crippen LogP contribution in [-0.2, 0) is 38.7 Å². The molecule has 0 aromatic heterocycles. The van der Waals surface area contributed by atoms with Gasteiger partial charge in [0, 0.05) is 11.8 Å². The molecule has 6 atom stereocenters. The number of halogens is 2. The van der Waals surface area contributed by atoms with E-state index in [0.717, 1.165) is 0 Å². The van der Waals surface area contributed by atoms with E-state index < -0.39 is 81.2 Å². The van der Waals surface area contributed by atoms with E-state index in [4.69, 9.17) is 14.0 Å². The number of carbonyl (C=O) groups excluding carboxylic acids is 3. The van der Waals surface area contributed by atoms with Crippen LogP contribution in [0.25, 0.3) is 0 Å². The number of hydrogen-bond acceptors (Lipinski definition) is 8. The van der Waals surface area contributed by atoms with Crippen molar-refractivity contribution >= 4 is 28.0 Å². The molecule has 29 heavy (non-hydrogen) atoms. The van der Waals surface area contributed by atoms with E-state index in [-0.39, 0.29) is 0 Å². The predicted octanol–water partition coefficient (Wildman–Crippen LogP) is 1.17. The topological polar surface area (TPSA) is 133 Å². The molecule has 3 rings (SSSR count). The van der Waals surface area contributed by atoms with E-state index in [1.165, 1.54) is 0 Å². The molecule has 164 valence electrons. The zero-order valence-electron chi connectivity index (χ0n) is 16.0. The van der Waals surface area contributed by atoms with Gasteiger partial charge in [-0.25, -0.2) is 0 Å². The number of esters is 3. The molecule has 0 aromatic carbocycles. The molecule has 0 radical (unpaired) electrons. The Labute approximate surface area is 165 Å². The summed E-state index contributed by atoms with van der Waals surface area (Å²) in [5.74, 6) is -5.70. The Kier molecular flexibility index (Phi) is 5.18. The Morgan fingerprint density at radius 2 is 1.90 bits per heavy atom. The number of ether oxygens (including phenoxy) is 3. The van der Waals surface area contributed by atoms with Crippen molar-refractivity contribution in [3.63, 3.8) is 0 Å².